The van der Waals surface area contributed by atoms with Gasteiger partial charge >= 0.3 is 0 Å². The predicted molar refractivity (Wildman–Crippen MR) is 59.5 cm³/mol. The van der Waals surface area contributed by atoms with Gasteiger partial charge in [0, 0.05) is 6.04 Å². The largest absolute Gasteiger partial charge is 0.385 e. The van der Waals surface area contributed by atoms with Crippen molar-refractivity contribution in [1.29, 1.82) is 5.26 Å². The normalized spacial score (nSPS) is 20.2. The highest BCUT2D eigenvalue weighted by molar-refractivity contribution is 5.18. The van der Waals surface area contributed by atoms with Gasteiger partial charge in [0.2, 0.25) is 0 Å². The van der Waals surface area contributed by atoms with Crippen molar-refractivity contribution < 1.29 is 5.11 Å². The van der Waals surface area contributed by atoms with Crippen LogP contribution in [0.15, 0.2) is 12.5 Å². The molecule has 1 atom stereocenters. The van der Waals surface area contributed by atoms with Crippen LogP contribution in [-0.2, 0) is 0 Å². The van der Waals surface area contributed by atoms with Gasteiger partial charge in [-0.2, -0.15) is 5.26 Å². The van der Waals surface area contributed by atoms with Crippen LogP contribution in [0.25, 0.3) is 0 Å². The maximum atomic E-state index is 10.3. The van der Waals surface area contributed by atoms with Crippen LogP contribution in [-0.4, -0.2) is 14.7 Å². The van der Waals surface area contributed by atoms with E-state index in [4.69, 9.17) is 0 Å². The topological polar surface area (TPSA) is 61.8 Å². The van der Waals surface area contributed by atoms with Gasteiger partial charge in [0.05, 0.1) is 29.7 Å². The Morgan fingerprint density at radius 2 is 2.25 bits per heavy atom. The zero-order valence-electron chi connectivity index (χ0n) is 9.72. The molecule has 16 heavy (non-hydrogen) atoms. The van der Waals surface area contributed by atoms with Gasteiger partial charge < -0.3 is 9.67 Å². The quantitative estimate of drug-likeness (QED) is 0.847. The molecular formula is C12H17N3O. The SMILES string of the molecule is CC(C)n1cncc1C(O)C1(C#N)CCC1. The van der Waals surface area contributed by atoms with Crippen LogP contribution in [0, 0.1) is 16.7 Å². The van der Waals surface area contributed by atoms with Crippen molar-refractivity contribution in [3.8, 4) is 6.07 Å². The van der Waals surface area contributed by atoms with Gasteiger partial charge in [-0.05, 0) is 26.7 Å². The van der Waals surface area contributed by atoms with Crippen molar-refractivity contribution in [2.45, 2.75) is 45.3 Å². The summed E-state index contributed by atoms with van der Waals surface area (Å²) >= 11 is 0. The monoisotopic (exact) mass is 219 g/mol. The Hall–Kier alpha value is -1.34. The molecule has 1 saturated carbocycles. The fraction of sp³-hybridized carbons (Fsp3) is 0.667. The molecule has 0 saturated heterocycles. The summed E-state index contributed by atoms with van der Waals surface area (Å²) in [5, 5.41) is 19.5. The fourth-order valence-corrected chi connectivity index (χ4v) is 2.25. The molecule has 1 unspecified atom stereocenters. The zero-order chi connectivity index (χ0) is 11.8. The van der Waals surface area contributed by atoms with Crippen LogP contribution in [0.2, 0.25) is 0 Å². The van der Waals surface area contributed by atoms with Gasteiger partial charge in [-0.25, -0.2) is 4.98 Å². The van der Waals surface area contributed by atoms with Crippen LogP contribution in [0.5, 0.6) is 0 Å². The number of imidazole rings is 1. The third-order valence-corrected chi connectivity index (χ3v) is 3.52. The maximum Gasteiger partial charge on any atom is 0.114 e. The lowest BCUT2D eigenvalue weighted by atomic mass is 9.65. The number of rotatable bonds is 3. The predicted octanol–water partition coefficient (Wildman–Crippen LogP) is 2.19. The Bertz CT molecular complexity index is 412. The molecule has 0 amide bonds. The second kappa shape index (κ2) is 3.91. The van der Waals surface area contributed by atoms with E-state index in [0.717, 1.165) is 25.0 Å². The molecule has 0 radical (unpaired) electrons. The summed E-state index contributed by atoms with van der Waals surface area (Å²) in [5.41, 5.74) is 0.184. The minimum Gasteiger partial charge on any atom is -0.385 e. The molecule has 4 heteroatoms. The summed E-state index contributed by atoms with van der Waals surface area (Å²) in [4.78, 5) is 4.06. The lowest BCUT2D eigenvalue weighted by molar-refractivity contribution is 0.00213. The van der Waals surface area contributed by atoms with Crippen molar-refractivity contribution >= 4 is 0 Å². The number of aromatic nitrogens is 2. The molecule has 1 aliphatic rings. The first-order chi connectivity index (χ1) is 7.60. The molecule has 2 rings (SSSR count). The van der Waals surface area contributed by atoms with E-state index >= 15 is 0 Å². The van der Waals surface area contributed by atoms with E-state index in [1.807, 2.05) is 18.4 Å². The number of hydrogen-bond acceptors (Lipinski definition) is 3. The highest BCUT2D eigenvalue weighted by Crippen LogP contribution is 2.49. The molecular weight excluding hydrogens is 202 g/mol. The first-order valence-corrected chi connectivity index (χ1v) is 5.72. The highest BCUT2D eigenvalue weighted by atomic mass is 16.3. The molecule has 86 valence electrons. The van der Waals surface area contributed by atoms with Gasteiger partial charge in [-0.3, -0.25) is 0 Å². The van der Waals surface area contributed by atoms with Crippen molar-refractivity contribution in [1.82, 2.24) is 9.55 Å². The maximum absolute atomic E-state index is 10.3. The number of aliphatic hydroxyl groups is 1. The number of aliphatic hydroxyl groups excluding tert-OH is 1. The first kappa shape index (κ1) is 11.2. The molecule has 1 aromatic rings. The molecule has 1 fully saturated rings. The molecule has 0 spiro atoms. The van der Waals surface area contributed by atoms with Gasteiger partial charge in [0.1, 0.15) is 6.10 Å². The molecule has 1 aromatic heterocycles. The van der Waals surface area contributed by atoms with E-state index in [-0.39, 0.29) is 6.04 Å². The van der Waals surface area contributed by atoms with E-state index in [1.165, 1.54) is 0 Å². The average Bonchev–Trinajstić information content (AvgIpc) is 2.64. The molecule has 4 nitrogen and oxygen atoms in total. The molecule has 0 aromatic carbocycles. The van der Waals surface area contributed by atoms with Crippen LogP contribution in [0.1, 0.15) is 50.9 Å². The molecule has 0 bridgehead atoms. The number of nitrogens with zero attached hydrogens (tertiary/aromatic N) is 3. The summed E-state index contributed by atoms with van der Waals surface area (Å²) in [6, 6.07) is 2.53. The lowest BCUT2D eigenvalue weighted by Crippen LogP contribution is -2.35. The Kier molecular flexibility index (Phi) is 2.73. The van der Waals surface area contributed by atoms with Crippen molar-refractivity contribution in [3.05, 3.63) is 18.2 Å². The van der Waals surface area contributed by atoms with E-state index in [2.05, 4.69) is 11.1 Å². The van der Waals surface area contributed by atoms with Crippen LogP contribution >= 0.6 is 0 Å². The minimum absolute atomic E-state index is 0.253. The number of hydrogen-bond donors (Lipinski definition) is 1. The minimum atomic E-state index is -0.712. The van der Waals surface area contributed by atoms with E-state index in [1.54, 1.807) is 12.5 Å². The second-order valence-electron chi connectivity index (χ2n) is 4.84. The van der Waals surface area contributed by atoms with Gasteiger partial charge in [0.15, 0.2) is 0 Å². The molecule has 0 aliphatic heterocycles. The van der Waals surface area contributed by atoms with Gasteiger partial charge in [0.25, 0.3) is 0 Å². The molecule has 1 N–H and O–H groups in total. The standard InChI is InChI=1S/C12H17N3O/c1-9(2)15-8-14-6-10(15)11(16)12(7-13)4-3-5-12/h6,8-9,11,16H,3-5H2,1-2H3. The van der Waals surface area contributed by atoms with E-state index in [9.17, 15) is 10.4 Å². The smallest absolute Gasteiger partial charge is 0.114 e. The van der Waals surface area contributed by atoms with Crippen LogP contribution in [0.3, 0.4) is 0 Å². The Labute approximate surface area is 95.5 Å². The summed E-state index contributed by atoms with van der Waals surface area (Å²) in [6.45, 7) is 4.08. The Balaban J connectivity index is 2.30. The third kappa shape index (κ3) is 1.52. The average molecular weight is 219 g/mol. The van der Waals surface area contributed by atoms with Crippen molar-refractivity contribution in [3.63, 3.8) is 0 Å². The van der Waals surface area contributed by atoms with Crippen molar-refractivity contribution in [2.24, 2.45) is 5.41 Å². The summed E-state index contributed by atoms with van der Waals surface area (Å²) < 4.78 is 1.93. The van der Waals surface area contributed by atoms with Gasteiger partial charge in [-0.1, -0.05) is 6.42 Å². The first-order valence-electron chi connectivity index (χ1n) is 5.72. The number of nitriles is 1. The van der Waals surface area contributed by atoms with E-state index < -0.39 is 11.5 Å². The fourth-order valence-electron chi connectivity index (χ4n) is 2.25. The second-order valence-corrected chi connectivity index (χ2v) is 4.84. The summed E-state index contributed by atoms with van der Waals surface area (Å²) in [7, 11) is 0. The highest BCUT2D eigenvalue weighted by Gasteiger charge is 2.45. The summed E-state index contributed by atoms with van der Waals surface area (Å²) in [5.74, 6) is 0. The lowest BCUT2D eigenvalue weighted by Gasteiger charge is -2.39. The van der Waals surface area contributed by atoms with Crippen LogP contribution < -0.4 is 0 Å². The Morgan fingerprint density at radius 1 is 1.56 bits per heavy atom. The molecule has 1 heterocycles. The van der Waals surface area contributed by atoms with Crippen molar-refractivity contribution in [2.75, 3.05) is 0 Å². The zero-order valence-corrected chi connectivity index (χ0v) is 9.72. The third-order valence-electron chi connectivity index (χ3n) is 3.52. The van der Waals surface area contributed by atoms with E-state index in [0.29, 0.717) is 0 Å². The van der Waals surface area contributed by atoms with Crippen LogP contribution in [0.4, 0.5) is 0 Å². The molecule has 1 aliphatic carbocycles. The Morgan fingerprint density at radius 3 is 2.69 bits per heavy atom. The summed E-state index contributed by atoms with van der Waals surface area (Å²) in [6.07, 6.45) is 5.27. The van der Waals surface area contributed by atoms with Gasteiger partial charge in [-0.15, -0.1) is 0 Å².